The van der Waals surface area contributed by atoms with Crippen molar-refractivity contribution in [3.05, 3.63) is 185 Å². The van der Waals surface area contributed by atoms with Gasteiger partial charge in [-0.2, -0.15) is 0 Å². The lowest BCUT2D eigenvalue weighted by Gasteiger charge is -2.30. The van der Waals surface area contributed by atoms with Crippen molar-refractivity contribution in [2.45, 2.75) is 65.0 Å². The van der Waals surface area contributed by atoms with Gasteiger partial charge >= 0.3 is 5.97 Å². The maximum Gasteiger partial charge on any atom is 0.307 e. The van der Waals surface area contributed by atoms with Crippen molar-refractivity contribution in [2.24, 2.45) is 0 Å². The maximum atomic E-state index is 13.4. The van der Waals surface area contributed by atoms with Gasteiger partial charge in [0.15, 0.2) is 0 Å². The minimum atomic E-state index is -4.01. The molecule has 2 heterocycles. The zero-order chi connectivity index (χ0) is 46.6. The summed E-state index contributed by atoms with van der Waals surface area (Å²) >= 11 is 0. The maximum absolute atomic E-state index is 13.4. The summed E-state index contributed by atoms with van der Waals surface area (Å²) in [7, 11) is -7.97. The predicted octanol–water partition coefficient (Wildman–Crippen LogP) is 7.35. The van der Waals surface area contributed by atoms with E-state index in [0.29, 0.717) is 48.6 Å². The minimum Gasteiger partial charge on any atom is -0.494 e. The molecule has 0 fully saturated rings. The van der Waals surface area contributed by atoms with Crippen LogP contribution in [0.15, 0.2) is 157 Å². The number of carbonyl (C=O) groups excluding carboxylic acids is 2. The number of aliphatic carboxylic acids is 1. The summed E-state index contributed by atoms with van der Waals surface area (Å²) in [6, 6.07) is 43.6. The third-order valence-electron chi connectivity index (χ3n) is 10.4. The zero-order valence-electron chi connectivity index (χ0n) is 36.6. The number of carboxylic acids is 1. The molecule has 5 aromatic rings. The quantitative estimate of drug-likeness (QED) is 0.0749. The van der Waals surface area contributed by atoms with Crippen molar-refractivity contribution in [1.29, 1.82) is 0 Å². The summed E-state index contributed by atoms with van der Waals surface area (Å²) in [5.41, 5.74) is 3.00. The SMILES string of the molecule is CC(C)(C)N1C(=O)C(NCCCOc2ccc(CC(=O)O)cc2)=C(c2ccccc2)S1(=O)=O.O=C1C(NCCCCc2ccccc2)=C(c2ccccc2)S(=O)(=O)N1Cc1ccccc1. The molecule has 0 unspecified atom stereocenters. The van der Waals surface area contributed by atoms with Crippen molar-refractivity contribution < 1.29 is 41.1 Å². The van der Waals surface area contributed by atoms with Crippen molar-refractivity contribution in [3.63, 3.8) is 0 Å². The molecule has 5 aromatic carbocycles. The number of nitrogens with zero attached hydrogens (tertiary/aromatic N) is 2. The number of sulfonamides is 2. The summed E-state index contributed by atoms with van der Waals surface area (Å²) in [6.07, 6.45) is 3.18. The number of rotatable bonds is 18. The third kappa shape index (κ3) is 11.9. The molecule has 2 amide bonds. The van der Waals surface area contributed by atoms with E-state index in [1.165, 1.54) is 5.56 Å². The number of aryl methyl sites for hydroxylation is 1. The summed E-state index contributed by atoms with van der Waals surface area (Å²) in [5, 5.41) is 15.0. The van der Waals surface area contributed by atoms with Crippen molar-refractivity contribution in [2.75, 3.05) is 19.7 Å². The second-order valence-corrected chi connectivity index (χ2v) is 19.9. The lowest BCUT2D eigenvalue weighted by Crippen LogP contribution is -2.46. The van der Waals surface area contributed by atoms with Crippen LogP contribution in [0.5, 0.6) is 5.75 Å². The first kappa shape index (κ1) is 47.8. The fraction of sp³-hybridized carbons (Fsp3) is 0.260. The number of amides is 2. The molecule has 340 valence electrons. The van der Waals surface area contributed by atoms with E-state index in [2.05, 4.69) is 22.8 Å². The highest BCUT2D eigenvalue weighted by Gasteiger charge is 2.49. The Balaban J connectivity index is 0.000000215. The van der Waals surface area contributed by atoms with E-state index in [4.69, 9.17) is 9.84 Å². The van der Waals surface area contributed by atoms with Crippen LogP contribution in [0.4, 0.5) is 0 Å². The van der Waals surface area contributed by atoms with Gasteiger partial charge in [-0.1, -0.05) is 133 Å². The van der Waals surface area contributed by atoms with E-state index in [1.807, 2.05) is 54.6 Å². The first-order valence-electron chi connectivity index (χ1n) is 21.3. The average Bonchev–Trinajstić information content (AvgIpc) is 3.61. The Morgan fingerprint density at radius 2 is 1.06 bits per heavy atom. The topological polar surface area (TPSA) is 179 Å². The van der Waals surface area contributed by atoms with Gasteiger partial charge in [-0.3, -0.25) is 14.4 Å². The molecule has 2 aliphatic rings. The van der Waals surface area contributed by atoms with Gasteiger partial charge in [0.05, 0.1) is 25.1 Å². The first-order chi connectivity index (χ1) is 31.1. The second kappa shape index (κ2) is 21.3. The monoisotopic (exact) mass is 918 g/mol. The highest BCUT2D eigenvalue weighted by atomic mass is 32.2. The number of ether oxygens (including phenoxy) is 1. The molecule has 0 spiro atoms. The van der Waals surface area contributed by atoms with E-state index >= 15 is 0 Å². The largest absolute Gasteiger partial charge is 0.494 e. The normalized spacial score (nSPS) is 15.4. The van der Waals surface area contributed by atoms with Crippen molar-refractivity contribution >= 4 is 47.6 Å². The average molecular weight is 919 g/mol. The highest BCUT2D eigenvalue weighted by Crippen LogP contribution is 2.39. The lowest BCUT2D eigenvalue weighted by molar-refractivity contribution is -0.136. The number of unbranched alkanes of at least 4 members (excludes halogenated alkanes) is 1. The van der Waals surface area contributed by atoms with Gasteiger partial charge < -0.3 is 20.5 Å². The molecular weight excluding hydrogens is 865 g/mol. The Kier molecular flexibility index (Phi) is 15.7. The molecule has 3 N–H and O–H groups in total. The summed E-state index contributed by atoms with van der Waals surface area (Å²) in [4.78, 5) is 37.1. The zero-order valence-corrected chi connectivity index (χ0v) is 38.3. The number of hydrogen-bond donors (Lipinski definition) is 3. The molecule has 0 radical (unpaired) electrons. The molecule has 0 atom stereocenters. The fourth-order valence-electron chi connectivity index (χ4n) is 7.41. The summed E-state index contributed by atoms with van der Waals surface area (Å²) < 4.78 is 60.9. The molecule has 0 aliphatic carbocycles. The predicted molar refractivity (Wildman–Crippen MR) is 251 cm³/mol. The van der Waals surface area contributed by atoms with Crippen molar-refractivity contribution in [1.82, 2.24) is 19.2 Å². The van der Waals surface area contributed by atoms with Crippen LogP contribution in [0.2, 0.25) is 0 Å². The Hall–Kier alpha value is -6.71. The van der Waals surface area contributed by atoms with Crippen LogP contribution in [0.25, 0.3) is 9.81 Å². The molecule has 13 nitrogen and oxygen atoms in total. The van der Waals surface area contributed by atoms with Gasteiger partial charge in [-0.05, 0) is 86.4 Å². The van der Waals surface area contributed by atoms with Crippen molar-refractivity contribution in [3.8, 4) is 5.75 Å². The Morgan fingerprint density at radius 1 is 0.585 bits per heavy atom. The standard InChI is InChI=1S/C26H26N2O3S.C24H28N2O6S/c29-26-24(27-19-11-10-14-21-12-4-1-5-13-21)25(23-17-8-3-9-18-23)32(30,31)28(26)20-22-15-6-2-7-16-22;1-24(2,3)26-23(29)21(22(33(26,30)31)18-8-5-4-6-9-18)25-14-7-15-32-19-12-10-17(11-13-19)16-20(27)28/h1-9,12-13,15-18,27H,10-11,14,19-20H2;4-6,8-13,25H,7,14-16H2,1-3H3,(H,27,28). The van der Waals surface area contributed by atoms with Crippen LogP contribution in [0.1, 0.15) is 67.9 Å². The van der Waals surface area contributed by atoms with Gasteiger partial charge in [0.2, 0.25) is 0 Å². The highest BCUT2D eigenvalue weighted by molar-refractivity contribution is 8.00. The molecule has 0 bridgehead atoms. The van der Waals surface area contributed by atoms with Crippen LogP contribution in [-0.2, 0) is 53.8 Å². The fourth-order valence-corrected chi connectivity index (χ4v) is 11.2. The summed E-state index contributed by atoms with van der Waals surface area (Å²) in [6.45, 7) is 6.26. The molecule has 0 saturated carbocycles. The Labute approximate surface area is 381 Å². The van der Waals surface area contributed by atoms with Gasteiger partial charge in [0.25, 0.3) is 31.9 Å². The molecule has 0 saturated heterocycles. The van der Waals surface area contributed by atoms with Crippen LogP contribution in [0.3, 0.4) is 0 Å². The van der Waals surface area contributed by atoms with Gasteiger partial charge in [0, 0.05) is 13.1 Å². The molecule has 2 aliphatic heterocycles. The molecular formula is C50H54N4O9S2. The van der Waals surface area contributed by atoms with E-state index in [9.17, 15) is 31.2 Å². The molecule has 0 aromatic heterocycles. The van der Waals surface area contributed by atoms with Crippen LogP contribution in [-0.4, -0.2) is 73.6 Å². The smallest absolute Gasteiger partial charge is 0.307 e. The number of carbonyl (C=O) groups is 3. The molecule has 15 heteroatoms. The number of carboxylic acid groups (broad SMARTS) is 1. The Morgan fingerprint density at radius 3 is 1.58 bits per heavy atom. The van der Waals surface area contributed by atoms with Crippen LogP contribution in [0, 0.1) is 0 Å². The molecule has 7 rings (SSSR count). The lowest BCUT2D eigenvalue weighted by atomic mass is 10.1. The van der Waals surface area contributed by atoms with Gasteiger partial charge in [-0.15, -0.1) is 0 Å². The summed E-state index contributed by atoms with van der Waals surface area (Å²) in [5.74, 6) is -1.37. The number of hydrogen-bond acceptors (Lipinski definition) is 10. The van der Waals surface area contributed by atoms with E-state index in [-0.39, 0.29) is 34.2 Å². The van der Waals surface area contributed by atoms with Gasteiger partial charge in [0.1, 0.15) is 27.0 Å². The second-order valence-electron chi connectivity index (χ2n) is 16.4. The number of nitrogens with one attached hydrogen (secondary N) is 2. The van der Waals surface area contributed by atoms with Crippen LogP contribution < -0.4 is 15.4 Å². The first-order valence-corrected chi connectivity index (χ1v) is 24.2. The third-order valence-corrected chi connectivity index (χ3v) is 14.4. The van der Waals surface area contributed by atoms with E-state index in [0.717, 1.165) is 33.4 Å². The Bertz CT molecular complexity index is 2720. The minimum absolute atomic E-state index is 0.0114. The number of benzene rings is 5. The molecule has 65 heavy (non-hydrogen) atoms. The van der Waals surface area contributed by atoms with E-state index < -0.39 is 43.4 Å². The van der Waals surface area contributed by atoms with E-state index in [1.54, 1.807) is 99.6 Å². The van der Waals surface area contributed by atoms with Crippen LogP contribution >= 0.6 is 0 Å². The van der Waals surface area contributed by atoms with Gasteiger partial charge in [-0.25, -0.2) is 25.4 Å².